The van der Waals surface area contributed by atoms with Gasteiger partial charge in [-0.05, 0) is 57.6 Å². The van der Waals surface area contributed by atoms with Crippen molar-refractivity contribution < 1.29 is 4.79 Å². The summed E-state index contributed by atoms with van der Waals surface area (Å²) in [6, 6.07) is 8.20. The van der Waals surface area contributed by atoms with E-state index < -0.39 is 5.54 Å². The minimum Gasteiger partial charge on any atom is -0.324 e. The van der Waals surface area contributed by atoms with Gasteiger partial charge in [-0.15, -0.1) is 11.8 Å². The summed E-state index contributed by atoms with van der Waals surface area (Å²) < 4.78 is 0.240. The molecule has 1 N–H and O–H groups in total. The molecule has 24 heavy (non-hydrogen) atoms. The maximum Gasteiger partial charge on any atom is 0.244 e. The second-order valence-electron chi connectivity index (χ2n) is 7.32. The van der Waals surface area contributed by atoms with Crippen molar-refractivity contribution in [3.63, 3.8) is 0 Å². The van der Waals surface area contributed by atoms with E-state index in [0.717, 1.165) is 18.8 Å². The maximum absolute atomic E-state index is 12.6. The lowest BCUT2D eigenvalue weighted by Crippen LogP contribution is -2.52. The van der Waals surface area contributed by atoms with Crippen LogP contribution in [0.5, 0.6) is 0 Å². The van der Waals surface area contributed by atoms with Crippen LogP contribution in [0.2, 0.25) is 0 Å². The molecule has 1 aromatic carbocycles. The van der Waals surface area contributed by atoms with Gasteiger partial charge in [-0.2, -0.15) is 0 Å². The molecule has 3 nitrogen and oxygen atoms in total. The Bertz CT molecular complexity index is 519. The largest absolute Gasteiger partial charge is 0.324 e. The van der Waals surface area contributed by atoms with E-state index in [4.69, 9.17) is 0 Å². The molecular weight excluding hydrogens is 316 g/mol. The third-order valence-corrected chi connectivity index (χ3v) is 5.73. The average Bonchev–Trinajstić information content (AvgIpc) is 2.49. The molecule has 1 rings (SSSR count). The Hall–Kier alpha value is -1.00. The van der Waals surface area contributed by atoms with Crippen LogP contribution in [-0.2, 0) is 4.79 Å². The van der Waals surface area contributed by atoms with Gasteiger partial charge in [-0.1, -0.05) is 41.0 Å². The molecule has 0 spiro atoms. The van der Waals surface area contributed by atoms with Crippen molar-refractivity contribution in [3.05, 3.63) is 24.3 Å². The lowest BCUT2D eigenvalue weighted by atomic mass is 10.0. The SMILES string of the molecule is CCCC(C)(C)Sc1ccc(NC(=O)C(C)(C)N(CC)CC)cc1. The fourth-order valence-electron chi connectivity index (χ4n) is 3.02. The highest BCUT2D eigenvalue weighted by molar-refractivity contribution is 8.00. The van der Waals surface area contributed by atoms with E-state index >= 15 is 0 Å². The Labute approximate surface area is 152 Å². The summed E-state index contributed by atoms with van der Waals surface area (Å²) in [6.45, 7) is 16.6. The van der Waals surface area contributed by atoms with Crippen LogP contribution in [-0.4, -0.2) is 34.2 Å². The first-order chi connectivity index (χ1) is 11.2. The van der Waals surface area contributed by atoms with Crippen LogP contribution < -0.4 is 5.32 Å². The zero-order valence-corrected chi connectivity index (χ0v) is 17.2. The second-order valence-corrected chi connectivity index (χ2v) is 9.10. The van der Waals surface area contributed by atoms with Crippen molar-refractivity contribution in [2.75, 3.05) is 18.4 Å². The fraction of sp³-hybridized carbons (Fsp3) is 0.650. The van der Waals surface area contributed by atoms with E-state index in [-0.39, 0.29) is 10.7 Å². The van der Waals surface area contributed by atoms with Gasteiger partial charge in [0.05, 0.1) is 5.54 Å². The third-order valence-electron chi connectivity index (χ3n) is 4.47. The number of rotatable bonds is 9. The summed E-state index contributed by atoms with van der Waals surface area (Å²) in [4.78, 5) is 16.0. The summed E-state index contributed by atoms with van der Waals surface area (Å²) in [5.41, 5.74) is 0.345. The molecule has 0 unspecified atom stereocenters. The molecular formula is C20H34N2OS. The molecule has 0 fully saturated rings. The molecule has 0 heterocycles. The van der Waals surface area contributed by atoms with Gasteiger partial charge in [-0.3, -0.25) is 9.69 Å². The number of hydrogen-bond acceptors (Lipinski definition) is 3. The number of anilines is 1. The van der Waals surface area contributed by atoms with Crippen molar-refractivity contribution in [1.29, 1.82) is 0 Å². The number of nitrogens with zero attached hydrogens (tertiary/aromatic N) is 1. The number of carbonyl (C=O) groups is 1. The van der Waals surface area contributed by atoms with E-state index in [2.05, 4.69) is 57.0 Å². The Kier molecular flexibility index (Phi) is 7.81. The van der Waals surface area contributed by atoms with E-state index in [1.165, 1.54) is 17.7 Å². The van der Waals surface area contributed by atoms with Gasteiger partial charge < -0.3 is 5.32 Å². The van der Waals surface area contributed by atoms with Crippen LogP contribution in [0.25, 0.3) is 0 Å². The molecule has 0 saturated heterocycles. The van der Waals surface area contributed by atoms with Gasteiger partial charge >= 0.3 is 0 Å². The molecule has 0 bridgehead atoms. The molecule has 4 heteroatoms. The molecule has 0 saturated carbocycles. The first kappa shape index (κ1) is 21.0. The van der Waals surface area contributed by atoms with Gasteiger partial charge in [0.1, 0.15) is 0 Å². The summed E-state index contributed by atoms with van der Waals surface area (Å²) in [6.07, 6.45) is 2.38. The zero-order chi connectivity index (χ0) is 18.4. The zero-order valence-electron chi connectivity index (χ0n) is 16.4. The maximum atomic E-state index is 12.6. The minimum absolute atomic E-state index is 0.0397. The minimum atomic E-state index is -0.514. The van der Waals surface area contributed by atoms with E-state index in [0.29, 0.717) is 0 Å². The number of nitrogens with one attached hydrogen (secondary N) is 1. The second kappa shape index (κ2) is 8.91. The van der Waals surface area contributed by atoms with Crippen LogP contribution in [0, 0.1) is 0 Å². The first-order valence-electron chi connectivity index (χ1n) is 9.01. The predicted molar refractivity (Wildman–Crippen MR) is 107 cm³/mol. The lowest BCUT2D eigenvalue weighted by Gasteiger charge is -2.35. The topological polar surface area (TPSA) is 32.3 Å². The number of benzene rings is 1. The molecule has 136 valence electrons. The number of likely N-dealkylation sites (N-methyl/N-ethyl adjacent to an activating group) is 1. The normalized spacial score (nSPS) is 12.5. The van der Waals surface area contributed by atoms with Crippen LogP contribution in [0.1, 0.15) is 61.3 Å². The van der Waals surface area contributed by atoms with Crippen molar-refractivity contribution in [2.45, 2.75) is 76.5 Å². The molecule has 0 aliphatic rings. The van der Waals surface area contributed by atoms with Gasteiger partial charge in [0.25, 0.3) is 0 Å². The number of thioether (sulfide) groups is 1. The highest BCUT2D eigenvalue weighted by atomic mass is 32.2. The standard InChI is InChI=1S/C20H34N2OS/c1-8-15-19(4,5)24-17-13-11-16(12-14-17)21-18(23)20(6,7)22(9-2)10-3/h11-14H,8-10,15H2,1-7H3,(H,21,23). The van der Waals surface area contributed by atoms with Gasteiger partial charge in [0.15, 0.2) is 0 Å². The Balaban J connectivity index is 2.75. The molecule has 1 amide bonds. The van der Waals surface area contributed by atoms with Crippen molar-refractivity contribution in [1.82, 2.24) is 4.90 Å². The Morgan fingerprint density at radius 1 is 1.04 bits per heavy atom. The van der Waals surface area contributed by atoms with Crippen molar-refractivity contribution in [3.8, 4) is 0 Å². The van der Waals surface area contributed by atoms with Gasteiger partial charge in [0, 0.05) is 15.3 Å². The molecule has 0 aliphatic carbocycles. The van der Waals surface area contributed by atoms with Gasteiger partial charge in [0.2, 0.25) is 5.91 Å². The van der Waals surface area contributed by atoms with E-state index in [1.54, 1.807) is 0 Å². The lowest BCUT2D eigenvalue weighted by molar-refractivity contribution is -0.126. The van der Waals surface area contributed by atoms with Crippen LogP contribution >= 0.6 is 11.8 Å². The van der Waals surface area contributed by atoms with E-state index in [1.807, 2.05) is 37.7 Å². The molecule has 0 radical (unpaired) electrons. The summed E-state index contributed by atoms with van der Waals surface area (Å²) in [5, 5.41) is 3.06. The highest BCUT2D eigenvalue weighted by Gasteiger charge is 2.32. The number of hydrogen-bond donors (Lipinski definition) is 1. The predicted octanol–water partition coefficient (Wildman–Crippen LogP) is 5.42. The number of carbonyl (C=O) groups excluding carboxylic acids is 1. The van der Waals surface area contributed by atoms with Crippen LogP contribution in [0.4, 0.5) is 5.69 Å². The molecule has 0 aliphatic heterocycles. The molecule has 0 aromatic heterocycles. The molecule has 1 aromatic rings. The average molecular weight is 351 g/mol. The van der Waals surface area contributed by atoms with Crippen LogP contribution in [0.3, 0.4) is 0 Å². The summed E-state index contributed by atoms with van der Waals surface area (Å²) >= 11 is 1.89. The van der Waals surface area contributed by atoms with E-state index in [9.17, 15) is 4.79 Å². The Morgan fingerprint density at radius 2 is 1.58 bits per heavy atom. The summed E-state index contributed by atoms with van der Waals surface area (Å²) in [7, 11) is 0. The van der Waals surface area contributed by atoms with Crippen LogP contribution in [0.15, 0.2) is 29.2 Å². The summed E-state index contributed by atoms with van der Waals surface area (Å²) in [5.74, 6) is 0.0397. The first-order valence-corrected chi connectivity index (χ1v) is 9.83. The third kappa shape index (κ3) is 5.82. The van der Waals surface area contributed by atoms with Crippen molar-refractivity contribution >= 4 is 23.4 Å². The monoisotopic (exact) mass is 350 g/mol. The smallest absolute Gasteiger partial charge is 0.244 e. The number of amides is 1. The molecule has 0 atom stereocenters. The van der Waals surface area contributed by atoms with Crippen molar-refractivity contribution in [2.24, 2.45) is 0 Å². The fourth-order valence-corrected chi connectivity index (χ4v) is 4.24. The highest BCUT2D eigenvalue weighted by Crippen LogP contribution is 2.36. The van der Waals surface area contributed by atoms with Gasteiger partial charge in [-0.25, -0.2) is 0 Å². The Morgan fingerprint density at radius 3 is 2.04 bits per heavy atom. The quantitative estimate of drug-likeness (QED) is 0.604.